The number of anilines is 1. The van der Waals surface area contributed by atoms with Crippen LogP contribution in [0.1, 0.15) is 12.8 Å². The lowest BCUT2D eigenvalue weighted by atomic mass is 10.1. The van der Waals surface area contributed by atoms with Crippen molar-refractivity contribution in [2.24, 2.45) is 0 Å². The summed E-state index contributed by atoms with van der Waals surface area (Å²) in [6.45, 7) is 1.56. The molecule has 12 nitrogen and oxygen atoms in total. The Bertz CT molecular complexity index is 1250. The van der Waals surface area contributed by atoms with Crippen LogP contribution < -0.4 is 16.0 Å². The minimum atomic E-state index is -0.612. The Morgan fingerprint density at radius 2 is 2.14 bits per heavy atom. The number of carbonyl (C=O) groups is 3. The molecule has 1 atom stereocenters. The molecule has 0 spiro atoms. The third-order valence-corrected chi connectivity index (χ3v) is 5.05. The van der Waals surface area contributed by atoms with E-state index in [2.05, 4.69) is 26.2 Å². The van der Waals surface area contributed by atoms with E-state index in [4.69, 9.17) is 14.0 Å². The van der Waals surface area contributed by atoms with Gasteiger partial charge in [-0.1, -0.05) is 11.2 Å². The van der Waals surface area contributed by atoms with Crippen molar-refractivity contribution >= 4 is 23.7 Å². The number of pyridine rings is 1. The number of nitrogens with one attached hydrogen (secondary N) is 1. The molecule has 182 valence electrons. The van der Waals surface area contributed by atoms with Gasteiger partial charge in [0.1, 0.15) is 17.6 Å². The Hall–Kier alpha value is -4.39. The Kier molecular flexibility index (Phi) is 6.96. The highest BCUT2D eigenvalue weighted by atomic mass is 19.1. The maximum atomic E-state index is 14.9. The van der Waals surface area contributed by atoms with Gasteiger partial charge in [0.05, 0.1) is 18.8 Å². The van der Waals surface area contributed by atoms with Crippen molar-refractivity contribution in [3.8, 4) is 22.6 Å². The number of esters is 1. The van der Waals surface area contributed by atoms with Gasteiger partial charge < -0.3 is 25.0 Å². The molecule has 0 saturated carbocycles. The summed E-state index contributed by atoms with van der Waals surface area (Å²) in [6, 6.07) is 7.63. The van der Waals surface area contributed by atoms with Crippen LogP contribution >= 0.6 is 0 Å². The van der Waals surface area contributed by atoms with Gasteiger partial charge in [-0.2, -0.15) is 4.98 Å². The molecule has 0 radical (unpaired) electrons. The van der Waals surface area contributed by atoms with Crippen LogP contribution in [0.15, 0.2) is 41.1 Å². The molecule has 0 aliphatic carbocycles. The van der Waals surface area contributed by atoms with Crippen molar-refractivity contribution < 1.29 is 38.5 Å². The van der Waals surface area contributed by atoms with Crippen molar-refractivity contribution in [1.29, 1.82) is 0 Å². The van der Waals surface area contributed by atoms with Crippen molar-refractivity contribution in [1.82, 2.24) is 20.4 Å². The van der Waals surface area contributed by atoms with Gasteiger partial charge in [0.25, 0.3) is 5.89 Å². The van der Waals surface area contributed by atoms with E-state index in [9.17, 15) is 18.8 Å². The first-order valence-corrected chi connectivity index (χ1v) is 10.6. The fraction of sp³-hybridized carbons (Fsp3) is 0.273. The maximum Gasteiger partial charge on any atom is 0.414 e. The fourth-order valence-electron chi connectivity index (χ4n) is 3.32. The molecule has 0 unspecified atom stereocenters. The van der Waals surface area contributed by atoms with Crippen LogP contribution in [0.3, 0.4) is 0 Å². The molecule has 1 aromatic carbocycles. The number of nitrogens with zero attached hydrogens (tertiary/aromatic N) is 4. The summed E-state index contributed by atoms with van der Waals surface area (Å²) in [5.74, 6) is -0.982. The molecule has 1 saturated heterocycles. The number of aromatic nitrogens is 3. The monoisotopic (exact) mass is 485 g/mol. The number of benzene rings is 1. The molecule has 1 aliphatic rings. The first-order chi connectivity index (χ1) is 16.8. The molecule has 1 fully saturated rings. The Morgan fingerprint density at radius 3 is 2.83 bits per heavy atom. The number of amides is 2. The average molecular weight is 485 g/mol. The van der Waals surface area contributed by atoms with E-state index >= 15 is 0 Å². The SMILES string of the molecule is CC(=O)NC[C@H]1CN(c2ccc(-c3ccc(-c4noc(COC(=O)C[NH3+])n4)nc3)c(F)c2)C(=O)O1. The van der Waals surface area contributed by atoms with E-state index < -0.39 is 24.0 Å². The van der Waals surface area contributed by atoms with Gasteiger partial charge >= 0.3 is 12.1 Å². The molecule has 2 amide bonds. The average Bonchev–Trinajstić information content (AvgIpc) is 3.48. The zero-order valence-corrected chi connectivity index (χ0v) is 18.7. The standard InChI is InChI=1S/C22H21FN6O6/c1-12(30)25-9-15-10-29(22(32)34-15)14-3-4-16(17(23)6-14)13-2-5-18(26-8-13)21-27-19(35-28-21)11-33-20(31)7-24/h2-6,8,15H,7,9-11,24H2,1H3,(H,25,30)/p+1/t15-/m0/s1. The summed E-state index contributed by atoms with van der Waals surface area (Å²) >= 11 is 0. The van der Waals surface area contributed by atoms with Gasteiger partial charge in [0.15, 0.2) is 13.2 Å². The number of halogens is 1. The largest absolute Gasteiger partial charge is 0.451 e. The molecule has 0 bridgehead atoms. The van der Waals surface area contributed by atoms with Crippen LogP contribution in [0.5, 0.6) is 0 Å². The quantitative estimate of drug-likeness (QED) is 0.437. The van der Waals surface area contributed by atoms with Gasteiger partial charge in [-0.25, -0.2) is 14.0 Å². The van der Waals surface area contributed by atoms with Gasteiger partial charge in [-0.15, -0.1) is 0 Å². The lowest BCUT2D eigenvalue weighted by Crippen LogP contribution is -2.54. The predicted molar refractivity (Wildman–Crippen MR) is 117 cm³/mol. The second kappa shape index (κ2) is 10.3. The Labute approximate surface area is 198 Å². The summed E-state index contributed by atoms with van der Waals surface area (Å²) in [4.78, 5) is 44.1. The molecule has 4 N–H and O–H groups in total. The number of rotatable bonds is 8. The van der Waals surface area contributed by atoms with E-state index in [1.807, 2.05) is 0 Å². The molecule has 3 heterocycles. The van der Waals surface area contributed by atoms with Gasteiger partial charge in [-0.3, -0.25) is 14.7 Å². The fourth-order valence-corrected chi connectivity index (χ4v) is 3.32. The highest BCUT2D eigenvalue weighted by molar-refractivity contribution is 5.90. The summed E-state index contributed by atoms with van der Waals surface area (Å²) < 4.78 is 30.1. The first kappa shape index (κ1) is 23.8. The predicted octanol–water partition coefficient (Wildman–Crippen LogP) is 0.684. The zero-order valence-electron chi connectivity index (χ0n) is 18.7. The minimum absolute atomic E-state index is 0.0111. The molecule has 13 heteroatoms. The molecule has 4 rings (SSSR count). The smallest absolute Gasteiger partial charge is 0.414 e. The van der Waals surface area contributed by atoms with Crippen molar-refractivity contribution in [2.45, 2.75) is 19.6 Å². The van der Waals surface area contributed by atoms with E-state index in [1.54, 1.807) is 24.3 Å². The van der Waals surface area contributed by atoms with Gasteiger partial charge in [0.2, 0.25) is 11.7 Å². The van der Waals surface area contributed by atoms with Crippen molar-refractivity contribution in [3.05, 3.63) is 48.2 Å². The number of quaternary nitrogens is 1. The first-order valence-electron chi connectivity index (χ1n) is 10.6. The van der Waals surface area contributed by atoms with E-state index in [0.717, 1.165) is 0 Å². The summed E-state index contributed by atoms with van der Waals surface area (Å²) in [5, 5.41) is 6.39. The summed E-state index contributed by atoms with van der Waals surface area (Å²) in [7, 11) is 0. The Morgan fingerprint density at radius 1 is 1.31 bits per heavy atom. The van der Waals surface area contributed by atoms with Crippen LogP contribution in [0.2, 0.25) is 0 Å². The summed E-state index contributed by atoms with van der Waals surface area (Å²) in [6.07, 6.45) is 0.325. The van der Waals surface area contributed by atoms with Crippen molar-refractivity contribution in [3.63, 3.8) is 0 Å². The molecule has 2 aromatic heterocycles. The second-order valence-corrected chi connectivity index (χ2v) is 7.57. The third-order valence-electron chi connectivity index (χ3n) is 5.05. The minimum Gasteiger partial charge on any atom is -0.451 e. The number of hydrogen-bond donors (Lipinski definition) is 2. The van der Waals surface area contributed by atoms with Crippen LogP contribution in [0.4, 0.5) is 14.9 Å². The van der Waals surface area contributed by atoms with Gasteiger partial charge in [-0.05, 0) is 24.3 Å². The second-order valence-electron chi connectivity index (χ2n) is 7.57. The van der Waals surface area contributed by atoms with E-state index in [0.29, 0.717) is 16.9 Å². The lowest BCUT2D eigenvalue weighted by molar-refractivity contribution is -0.360. The highest BCUT2D eigenvalue weighted by Gasteiger charge is 2.32. The number of cyclic esters (lactones) is 1. The molecular formula is C22H22FN6O6+. The van der Waals surface area contributed by atoms with E-state index in [1.165, 1.54) is 24.1 Å². The number of ether oxygens (including phenoxy) is 2. The topological polar surface area (TPSA) is 164 Å². The normalized spacial score (nSPS) is 15.1. The lowest BCUT2D eigenvalue weighted by Gasteiger charge is -2.14. The summed E-state index contributed by atoms with van der Waals surface area (Å²) in [5.41, 5.74) is 4.92. The number of hydrogen-bond acceptors (Lipinski definition) is 9. The van der Waals surface area contributed by atoms with Crippen molar-refractivity contribution in [2.75, 3.05) is 24.5 Å². The molecule has 3 aromatic rings. The third kappa shape index (κ3) is 5.58. The number of carbonyl (C=O) groups excluding carboxylic acids is 3. The van der Waals surface area contributed by atoms with Crippen LogP contribution in [-0.2, 0) is 25.7 Å². The Balaban J connectivity index is 1.44. The van der Waals surface area contributed by atoms with Gasteiger partial charge in [0, 0.05) is 24.2 Å². The van der Waals surface area contributed by atoms with Crippen LogP contribution in [0.25, 0.3) is 22.6 Å². The zero-order chi connectivity index (χ0) is 24.9. The van der Waals surface area contributed by atoms with E-state index in [-0.39, 0.29) is 49.4 Å². The van der Waals surface area contributed by atoms with Crippen LogP contribution in [-0.4, -0.2) is 58.8 Å². The molecule has 35 heavy (non-hydrogen) atoms. The molecule has 1 aliphatic heterocycles. The highest BCUT2D eigenvalue weighted by Crippen LogP contribution is 2.29. The molecular weight excluding hydrogens is 463 g/mol. The maximum absolute atomic E-state index is 14.9. The van der Waals surface area contributed by atoms with Crippen LogP contribution in [0, 0.1) is 5.82 Å².